The van der Waals surface area contributed by atoms with Crippen molar-refractivity contribution in [2.75, 3.05) is 0 Å². The van der Waals surface area contributed by atoms with Crippen LogP contribution in [0.15, 0.2) is 18.2 Å². The molecule has 0 radical (unpaired) electrons. The minimum absolute atomic E-state index is 0.147. The predicted octanol–water partition coefficient (Wildman–Crippen LogP) is 4.07. The Labute approximate surface area is 107 Å². The van der Waals surface area contributed by atoms with Crippen molar-refractivity contribution in [2.45, 2.75) is 39.2 Å². The fourth-order valence-corrected chi connectivity index (χ4v) is 3.24. The quantitative estimate of drug-likeness (QED) is 0.843. The predicted molar refractivity (Wildman–Crippen MR) is 67.0 cm³/mol. The summed E-state index contributed by atoms with van der Waals surface area (Å²) in [6.45, 7) is 4.36. The molecule has 3 unspecified atom stereocenters. The van der Waals surface area contributed by atoms with E-state index in [4.69, 9.17) is 0 Å². The van der Waals surface area contributed by atoms with Crippen molar-refractivity contribution in [3.8, 4) is 0 Å². The molecule has 1 nitrogen and oxygen atoms in total. The molecule has 1 aliphatic rings. The maximum absolute atomic E-state index is 13.2. The van der Waals surface area contributed by atoms with Crippen LogP contribution in [-0.4, -0.2) is 5.11 Å². The maximum Gasteiger partial charge on any atom is 0.159 e. The molecule has 18 heavy (non-hydrogen) atoms. The number of hydrogen-bond acceptors (Lipinski definition) is 1. The average Bonchev–Trinajstić information content (AvgIpc) is 2.30. The van der Waals surface area contributed by atoms with Gasteiger partial charge in [0.15, 0.2) is 11.6 Å². The molecule has 0 amide bonds. The van der Waals surface area contributed by atoms with Gasteiger partial charge in [-0.25, -0.2) is 8.78 Å². The number of halogens is 2. The third-order valence-electron chi connectivity index (χ3n) is 3.95. The minimum atomic E-state index is -0.886. The fourth-order valence-electron chi connectivity index (χ4n) is 3.24. The molecule has 0 saturated heterocycles. The molecular weight excluding hydrogens is 234 g/mol. The molecule has 3 atom stereocenters. The summed E-state index contributed by atoms with van der Waals surface area (Å²) in [5.41, 5.74) is 0.486. The number of benzene rings is 1. The van der Waals surface area contributed by atoms with Crippen molar-refractivity contribution < 1.29 is 13.9 Å². The molecule has 100 valence electrons. The lowest BCUT2D eigenvalue weighted by atomic mass is 9.73. The highest BCUT2D eigenvalue weighted by Crippen LogP contribution is 2.39. The van der Waals surface area contributed by atoms with E-state index < -0.39 is 17.7 Å². The Kier molecular flexibility index (Phi) is 4.00. The van der Waals surface area contributed by atoms with Crippen molar-refractivity contribution >= 4 is 0 Å². The Balaban J connectivity index is 2.14. The maximum atomic E-state index is 13.2. The van der Waals surface area contributed by atoms with Gasteiger partial charge >= 0.3 is 0 Å². The van der Waals surface area contributed by atoms with E-state index in [1.54, 1.807) is 0 Å². The third-order valence-corrected chi connectivity index (χ3v) is 3.95. The van der Waals surface area contributed by atoms with Gasteiger partial charge in [0.2, 0.25) is 0 Å². The second-order valence-corrected chi connectivity index (χ2v) is 5.80. The molecule has 1 aromatic rings. The normalized spacial score (nSPS) is 30.2. The van der Waals surface area contributed by atoms with Gasteiger partial charge in [-0.05, 0) is 54.7 Å². The molecule has 1 aromatic carbocycles. The van der Waals surface area contributed by atoms with E-state index in [0.717, 1.165) is 25.0 Å². The van der Waals surface area contributed by atoms with E-state index in [-0.39, 0.29) is 5.92 Å². The van der Waals surface area contributed by atoms with Gasteiger partial charge in [-0.1, -0.05) is 19.9 Å². The molecule has 3 heteroatoms. The van der Waals surface area contributed by atoms with Crippen LogP contribution in [-0.2, 0) is 0 Å². The summed E-state index contributed by atoms with van der Waals surface area (Å²) in [5.74, 6) is -0.439. The van der Waals surface area contributed by atoms with Crippen LogP contribution in [0, 0.1) is 29.4 Å². The van der Waals surface area contributed by atoms with E-state index >= 15 is 0 Å². The van der Waals surface area contributed by atoms with Crippen LogP contribution in [0.1, 0.15) is 44.8 Å². The summed E-state index contributed by atoms with van der Waals surface area (Å²) in [6, 6.07) is 3.68. The summed E-state index contributed by atoms with van der Waals surface area (Å²) in [7, 11) is 0. The number of hydrogen-bond donors (Lipinski definition) is 1. The van der Waals surface area contributed by atoms with Crippen molar-refractivity contribution in [3.63, 3.8) is 0 Å². The monoisotopic (exact) mass is 254 g/mol. The summed E-state index contributed by atoms with van der Waals surface area (Å²) in [4.78, 5) is 0. The van der Waals surface area contributed by atoms with Crippen LogP contribution in [0.4, 0.5) is 8.78 Å². The van der Waals surface area contributed by atoms with Crippen molar-refractivity contribution in [2.24, 2.45) is 17.8 Å². The van der Waals surface area contributed by atoms with Gasteiger partial charge in [0.25, 0.3) is 0 Å². The molecule has 0 spiro atoms. The molecule has 0 heterocycles. The first kappa shape index (κ1) is 13.5. The van der Waals surface area contributed by atoms with Crippen LogP contribution in [0.25, 0.3) is 0 Å². The van der Waals surface area contributed by atoms with Crippen LogP contribution in [0.3, 0.4) is 0 Å². The SMILES string of the molecule is CC1CC(C)CC(C(O)c2ccc(F)c(F)c2)C1. The van der Waals surface area contributed by atoms with Gasteiger partial charge in [0, 0.05) is 0 Å². The Bertz CT molecular complexity index is 409. The third kappa shape index (κ3) is 2.89. The van der Waals surface area contributed by atoms with E-state index in [2.05, 4.69) is 13.8 Å². The van der Waals surface area contributed by atoms with Crippen molar-refractivity contribution in [1.82, 2.24) is 0 Å². The van der Waals surface area contributed by atoms with Gasteiger partial charge in [0.1, 0.15) is 0 Å². The second-order valence-electron chi connectivity index (χ2n) is 5.80. The van der Waals surface area contributed by atoms with E-state index in [1.165, 1.54) is 12.5 Å². The zero-order valence-electron chi connectivity index (χ0n) is 10.9. The summed E-state index contributed by atoms with van der Waals surface area (Å²) >= 11 is 0. The average molecular weight is 254 g/mol. The zero-order valence-corrected chi connectivity index (χ0v) is 10.9. The Hall–Kier alpha value is -0.960. The van der Waals surface area contributed by atoms with Crippen molar-refractivity contribution in [1.29, 1.82) is 0 Å². The standard InChI is InChI=1S/C15H20F2O/c1-9-5-10(2)7-12(6-9)15(18)11-3-4-13(16)14(17)8-11/h3-4,8-10,12,15,18H,5-7H2,1-2H3. The van der Waals surface area contributed by atoms with Gasteiger partial charge in [-0.2, -0.15) is 0 Å². The molecule has 0 aromatic heterocycles. The van der Waals surface area contributed by atoms with Gasteiger partial charge in [-0.15, -0.1) is 0 Å². The van der Waals surface area contributed by atoms with Gasteiger partial charge < -0.3 is 5.11 Å². The first-order valence-electron chi connectivity index (χ1n) is 6.60. The molecule has 1 fully saturated rings. The van der Waals surface area contributed by atoms with Crippen molar-refractivity contribution in [3.05, 3.63) is 35.4 Å². The van der Waals surface area contributed by atoms with Crippen LogP contribution in [0.5, 0.6) is 0 Å². The largest absolute Gasteiger partial charge is 0.388 e. The first-order chi connectivity index (χ1) is 8.47. The molecule has 0 bridgehead atoms. The van der Waals surface area contributed by atoms with Crippen LogP contribution >= 0.6 is 0 Å². The highest BCUT2D eigenvalue weighted by molar-refractivity contribution is 5.20. The van der Waals surface area contributed by atoms with Gasteiger partial charge in [-0.3, -0.25) is 0 Å². The number of aliphatic hydroxyl groups is 1. The lowest BCUT2D eigenvalue weighted by Gasteiger charge is -2.34. The van der Waals surface area contributed by atoms with Crippen LogP contribution in [0.2, 0.25) is 0 Å². The number of rotatable bonds is 2. The highest BCUT2D eigenvalue weighted by atomic mass is 19.2. The topological polar surface area (TPSA) is 20.2 Å². The molecule has 1 saturated carbocycles. The molecule has 1 aliphatic carbocycles. The minimum Gasteiger partial charge on any atom is -0.388 e. The molecular formula is C15H20F2O. The van der Waals surface area contributed by atoms with Gasteiger partial charge in [0.05, 0.1) is 6.10 Å². The number of aliphatic hydroxyl groups excluding tert-OH is 1. The fraction of sp³-hybridized carbons (Fsp3) is 0.600. The molecule has 2 rings (SSSR count). The molecule has 1 N–H and O–H groups in total. The zero-order chi connectivity index (χ0) is 13.3. The summed E-state index contributed by atoms with van der Waals surface area (Å²) in [6.07, 6.45) is 2.39. The Morgan fingerprint density at radius 2 is 1.67 bits per heavy atom. The highest BCUT2D eigenvalue weighted by Gasteiger charge is 2.30. The Morgan fingerprint density at radius 3 is 2.22 bits per heavy atom. The van der Waals surface area contributed by atoms with E-state index in [9.17, 15) is 13.9 Å². The summed E-state index contributed by atoms with van der Waals surface area (Å²) in [5, 5.41) is 10.3. The first-order valence-corrected chi connectivity index (χ1v) is 6.60. The summed E-state index contributed by atoms with van der Waals surface area (Å²) < 4.78 is 26.0. The second kappa shape index (κ2) is 5.35. The Morgan fingerprint density at radius 1 is 1.06 bits per heavy atom. The van der Waals surface area contributed by atoms with E-state index in [1.807, 2.05) is 0 Å². The molecule has 0 aliphatic heterocycles. The lowest BCUT2D eigenvalue weighted by molar-refractivity contribution is 0.0549. The van der Waals surface area contributed by atoms with E-state index in [0.29, 0.717) is 17.4 Å². The lowest BCUT2D eigenvalue weighted by Crippen LogP contribution is -2.24. The van der Waals surface area contributed by atoms with Crippen LogP contribution < -0.4 is 0 Å². The smallest absolute Gasteiger partial charge is 0.159 e.